The van der Waals surface area contributed by atoms with Crippen LogP contribution in [0, 0.1) is 20.8 Å². The number of nitrogens with one attached hydrogen (secondary N) is 2. The number of rotatable bonds is 19. The molecular formula is C51H73N11O12S3. The van der Waals surface area contributed by atoms with Gasteiger partial charge in [-0.1, -0.05) is 62.8 Å². The van der Waals surface area contributed by atoms with Crippen molar-refractivity contribution in [3.05, 3.63) is 89.2 Å². The largest absolute Gasteiger partial charge is 0.495 e. The van der Waals surface area contributed by atoms with E-state index in [1.807, 2.05) is 41.5 Å². The number of hydrogen-bond donors (Lipinski definition) is 5. The highest BCUT2D eigenvalue weighted by atomic mass is 32.2. The summed E-state index contributed by atoms with van der Waals surface area (Å²) >= 11 is 0. The fraction of sp³-hybridized carbons (Fsp3) is 0.412. The Morgan fingerprint density at radius 1 is 0.481 bits per heavy atom. The van der Waals surface area contributed by atoms with Crippen LogP contribution in [0.3, 0.4) is 0 Å². The minimum Gasteiger partial charge on any atom is -0.495 e. The summed E-state index contributed by atoms with van der Waals surface area (Å²) < 4.78 is 113. The molecule has 0 saturated heterocycles. The van der Waals surface area contributed by atoms with Gasteiger partial charge in [0.2, 0.25) is 20.0 Å². The van der Waals surface area contributed by atoms with E-state index in [9.17, 15) is 25.3 Å². The van der Waals surface area contributed by atoms with Crippen molar-refractivity contribution in [1.82, 2.24) is 39.3 Å². The summed E-state index contributed by atoms with van der Waals surface area (Å²) in [7, 11) is -5.34. The molecule has 0 bridgehead atoms. The fourth-order valence-corrected chi connectivity index (χ4v) is 10.1. The summed E-state index contributed by atoms with van der Waals surface area (Å²) in [5.74, 6) is 4.93. The average molecular weight is 1130 g/mol. The van der Waals surface area contributed by atoms with Crippen molar-refractivity contribution in [3.63, 3.8) is 0 Å². The summed E-state index contributed by atoms with van der Waals surface area (Å²) in [6, 6.07) is 9.33. The van der Waals surface area contributed by atoms with Crippen molar-refractivity contribution in [1.29, 1.82) is 0 Å². The zero-order valence-corrected chi connectivity index (χ0v) is 47.8. The molecular weight excluding hydrogens is 1050 g/mol. The standard InChI is InChI=1S/C17H24N4O4S.C17H23N3O4S.C16H22N4O4S.CH4/c1-6-20-26(22,23)16-8-13(12(10(2)3)7-14(16)24-5)25-15-9-19-11(4)21-17(15)18;1-6-25(21,22)16-8-13(12(10(2)3)7-14(16)23-5)24-15-9-19-11(4)20-17(15)18;1-9(2)11-6-13(23-5)15(25(21,22)18-4)7-12(11)24-14-8-19-10(3)20-16(14)17;/h7-10,20H,6H2,1-5H3,(H2,18,19,21);7-10H,6H2,1-5H3,(H2,18,19,20);6-9,18H,1-5H3,(H2,17,19,20);1H4. The van der Waals surface area contributed by atoms with Gasteiger partial charge in [-0.25, -0.2) is 64.6 Å². The van der Waals surface area contributed by atoms with Crippen LogP contribution in [0.2, 0.25) is 0 Å². The molecule has 0 aliphatic rings. The topological polar surface area (TPSA) is 337 Å². The lowest BCUT2D eigenvalue weighted by molar-refractivity contribution is 0.397. The molecule has 0 spiro atoms. The van der Waals surface area contributed by atoms with Crippen LogP contribution in [0.1, 0.15) is 115 Å². The first-order valence-electron chi connectivity index (χ1n) is 23.7. The van der Waals surface area contributed by atoms with Crippen molar-refractivity contribution < 1.29 is 53.7 Å². The number of sulfonamides is 2. The van der Waals surface area contributed by atoms with Crippen LogP contribution in [0.4, 0.5) is 17.5 Å². The summed E-state index contributed by atoms with van der Waals surface area (Å²) in [4.78, 5) is 24.4. The Balaban J connectivity index is 0.000000302. The van der Waals surface area contributed by atoms with Crippen molar-refractivity contribution >= 4 is 47.3 Å². The second kappa shape index (κ2) is 27.3. The van der Waals surface area contributed by atoms with E-state index in [2.05, 4.69) is 39.3 Å². The van der Waals surface area contributed by atoms with E-state index in [1.54, 1.807) is 52.8 Å². The first kappa shape index (κ1) is 64.2. The maximum atomic E-state index is 12.5. The minimum absolute atomic E-state index is 0. The zero-order valence-electron chi connectivity index (χ0n) is 45.4. The van der Waals surface area contributed by atoms with Crippen LogP contribution in [-0.4, -0.2) is 95.8 Å². The lowest BCUT2D eigenvalue weighted by Gasteiger charge is -2.18. The Hall–Kier alpha value is -7.13. The van der Waals surface area contributed by atoms with E-state index in [0.29, 0.717) is 40.5 Å². The predicted molar refractivity (Wildman–Crippen MR) is 297 cm³/mol. The van der Waals surface area contributed by atoms with Crippen LogP contribution < -0.4 is 55.1 Å². The molecule has 6 rings (SSSR count). The lowest BCUT2D eigenvalue weighted by Crippen LogP contribution is -2.23. The molecule has 0 radical (unpaired) electrons. The molecule has 0 aliphatic carbocycles. The van der Waals surface area contributed by atoms with Crippen molar-refractivity contribution in [3.8, 4) is 51.7 Å². The molecule has 6 aromatic rings. The van der Waals surface area contributed by atoms with Gasteiger partial charge in [-0.3, -0.25) is 0 Å². The van der Waals surface area contributed by atoms with Gasteiger partial charge in [0.1, 0.15) is 66.7 Å². The van der Waals surface area contributed by atoms with Gasteiger partial charge in [-0.05, 0) is 63.8 Å². The molecule has 77 heavy (non-hydrogen) atoms. The van der Waals surface area contributed by atoms with Crippen molar-refractivity contribution in [2.45, 2.75) is 116 Å². The van der Waals surface area contributed by atoms with Crippen LogP contribution >= 0.6 is 0 Å². The molecule has 8 N–H and O–H groups in total. The van der Waals surface area contributed by atoms with Gasteiger partial charge in [0.15, 0.2) is 44.5 Å². The monoisotopic (exact) mass is 1130 g/mol. The second-order valence-electron chi connectivity index (χ2n) is 17.5. The number of methoxy groups -OCH3 is 3. The lowest BCUT2D eigenvalue weighted by atomic mass is 10.0. The third-order valence-corrected chi connectivity index (χ3v) is 15.8. The Bertz CT molecular complexity index is 3220. The van der Waals surface area contributed by atoms with Crippen molar-refractivity contribution in [2.24, 2.45) is 0 Å². The highest BCUT2D eigenvalue weighted by Gasteiger charge is 2.27. The van der Waals surface area contributed by atoms with E-state index in [-0.39, 0.29) is 98.4 Å². The van der Waals surface area contributed by atoms with Gasteiger partial charge in [-0.2, -0.15) is 0 Å². The number of benzene rings is 3. The highest BCUT2D eigenvalue weighted by Crippen LogP contribution is 2.42. The summed E-state index contributed by atoms with van der Waals surface area (Å²) in [5, 5.41) is 0. The third-order valence-electron chi connectivity index (χ3n) is 11.0. The zero-order chi connectivity index (χ0) is 57.0. The van der Waals surface area contributed by atoms with Gasteiger partial charge in [-0.15, -0.1) is 0 Å². The van der Waals surface area contributed by atoms with Crippen LogP contribution in [0.25, 0.3) is 0 Å². The van der Waals surface area contributed by atoms with Crippen LogP contribution in [-0.2, 0) is 29.9 Å². The molecule has 0 fully saturated rings. The molecule has 0 unspecified atom stereocenters. The number of anilines is 3. The van der Waals surface area contributed by atoms with Gasteiger partial charge < -0.3 is 45.6 Å². The SMILES string of the molecule is C.CCNS(=O)(=O)c1cc(Oc2cnc(C)nc2N)c(C(C)C)cc1OC.CCS(=O)(=O)c1cc(Oc2cnc(C)nc2N)c(C(C)C)cc1OC.CNS(=O)(=O)c1cc(Oc2cnc(C)nc2N)c(C(C)C)cc1OC. The van der Waals surface area contributed by atoms with E-state index in [1.165, 1.54) is 65.2 Å². The summed E-state index contributed by atoms with van der Waals surface area (Å²) in [6.07, 6.45) is 4.39. The summed E-state index contributed by atoms with van der Waals surface area (Å²) in [6.45, 7) is 20.5. The maximum Gasteiger partial charge on any atom is 0.244 e. The second-order valence-corrected chi connectivity index (χ2v) is 23.3. The van der Waals surface area contributed by atoms with Gasteiger partial charge >= 0.3 is 0 Å². The quantitative estimate of drug-likeness (QED) is 0.0507. The molecule has 0 atom stereocenters. The maximum absolute atomic E-state index is 12.5. The molecule has 3 aromatic heterocycles. The third kappa shape index (κ3) is 16.2. The molecule has 3 heterocycles. The van der Waals surface area contributed by atoms with E-state index >= 15 is 0 Å². The number of hydrogen-bond acceptors (Lipinski definition) is 21. The summed E-state index contributed by atoms with van der Waals surface area (Å²) in [5.41, 5.74) is 20.0. The number of nitrogens with zero attached hydrogens (tertiary/aromatic N) is 6. The van der Waals surface area contributed by atoms with Crippen LogP contribution in [0.15, 0.2) is 69.7 Å². The number of aromatic nitrogens is 6. The Labute approximate surface area is 453 Å². The molecule has 0 aliphatic heterocycles. The Morgan fingerprint density at radius 2 is 0.779 bits per heavy atom. The smallest absolute Gasteiger partial charge is 0.244 e. The Morgan fingerprint density at radius 3 is 1.04 bits per heavy atom. The van der Waals surface area contributed by atoms with E-state index < -0.39 is 29.9 Å². The molecule has 422 valence electrons. The fourth-order valence-electron chi connectivity index (χ4n) is 6.99. The molecule has 0 saturated carbocycles. The number of ether oxygens (including phenoxy) is 6. The van der Waals surface area contributed by atoms with Crippen LogP contribution in [0.5, 0.6) is 51.7 Å². The minimum atomic E-state index is -3.74. The first-order chi connectivity index (χ1) is 35.6. The van der Waals surface area contributed by atoms with E-state index in [0.717, 1.165) is 16.7 Å². The normalized spacial score (nSPS) is 11.5. The first-order valence-corrected chi connectivity index (χ1v) is 28.3. The number of sulfone groups is 1. The van der Waals surface area contributed by atoms with Gasteiger partial charge in [0.05, 0.1) is 45.7 Å². The number of nitrogen functional groups attached to an aromatic ring is 3. The Kier molecular flexibility index (Phi) is 22.7. The molecule has 26 heteroatoms. The van der Waals surface area contributed by atoms with Crippen molar-refractivity contribution in [2.75, 3.05) is 57.9 Å². The molecule has 23 nitrogen and oxygen atoms in total. The number of nitrogens with two attached hydrogens (primary N) is 3. The van der Waals surface area contributed by atoms with Gasteiger partial charge in [0.25, 0.3) is 0 Å². The number of aryl methyl sites for hydroxylation is 3. The van der Waals surface area contributed by atoms with E-state index in [4.69, 9.17) is 45.6 Å². The molecule has 3 aromatic carbocycles. The van der Waals surface area contributed by atoms with Gasteiger partial charge in [0, 0.05) is 41.4 Å². The highest BCUT2D eigenvalue weighted by molar-refractivity contribution is 7.91. The predicted octanol–water partition coefficient (Wildman–Crippen LogP) is 8.51. The average Bonchev–Trinajstić information content (AvgIpc) is 3.36. The molecule has 0 amide bonds.